The number of aromatic nitrogens is 2. The topological polar surface area (TPSA) is 51.0 Å². The van der Waals surface area contributed by atoms with Crippen LogP contribution in [0.2, 0.25) is 0 Å². The van der Waals surface area contributed by atoms with Gasteiger partial charge in [-0.1, -0.05) is 19.0 Å². The summed E-state index contributed by atoms with van der Waals surface area (Å²) >= 11 is 1.84. The van der Waals surface area contributed by atoms with E-state index in [2.05, 4.69) is 48.4 Å². The average Bonchev–Trinajstić information content (AvgIpc) is 2.87. The summed E-state index contributed by atoms with van der Waals surface area (Å²) in [5.74, 6) is 1.33. The van der Waals surface area contributed by atoms with Gasteiger partial charge < -0.3 is 9.84 Å². The summed E-state index contributed by atoms with van der Waals surface area (Å²) in [6.07, 6.45) is 0.765. The molecule has 0 saturated heterocycles. The lowest BCUT2D eigenvalue weighted by Gasteiger charge is -2.05. The lowest BCUT2D eigenvalue weighted by Crippen LogP contribution is -2.24. The van der Waals surface area contributed by atoms with Crippen LogP contribution in [0.3, 0.4) is 0 Å². The Morgan fingerprint density at radius 3 is 2.43 bits per heavy atom. The van der Waals surface area contributed by atoms with E-state index < -0.39 is 0 Å². The predicted octanol–water partition coefficient (Wildman–Crippen LogP) is 3.81. The summed E-state index contributed by atoms with van der Waals surface area (Å²) < 4.78 is 5.32. The second-order valence-electron chi connectivity index (χ2n) is 5.10. The lowest BCUT2D eigenvalue weighted by molar-refractivity contribution is 0.418. The molecule has 1 unspecified atom stereocenters. The van der Waals surface area contributed by atoms with E-state index in [1.165, 1.54) is 4.90 Å². The second kappa shape index (κ2) is 8.41. The highest BCUT2D eigenvalue weighted by Crippen LogP contribution is 2.26. The lowest BCUT2D eigenvalue weighted by atomic mass is 10.2. The molecule has 116 valence electrons. The summed E-state index contributed by atoms with van der Waals surface area (Å²) in [5.41, 5.74) is 0.967. The van der Waals surface area contributed by atoms with Gasteiger partial charge in [0.25, 0.3) is 5.89 Å². The van der Waals surface area contributed by atoms with Crippen molar-refractivity contribution in [3.05, 3.63) is 30.1 Å². The van der Waals surface area contributed by atoms with Gasteiger partial charge in [-0.25, -0.2) is 0 Å². The van der Waals surface area contributed by atoms with Gasteiger partial charge in [0.05, 0.1) is 0 Å². The van der Waals surface area contributed by atoms with Crippen molar-refractivity contribution in [1.82, 2.24) is 15.5 Å². The van der Waals surface area contributed by atoms with Crippen LogP contribution in [-0.2, 0) is 6.42 Å². The van der Waals surface area contributed by atoms with Gasteiger partial charge in [-0.05, 0) is 38.2 Å². The molecular weight excluding hydrogens is 306 g/mol. The van der Waals surface area contributed by atoms with Crippen LogP contribution < -0.4 is 5.32 Å². The maximum Gasteiger partial charge on any atom is 0.257 e. The zero-order valence-corrected chi connectivity index (χ0v) is 14.4. The Hall–Kier alpha value is -1.04. The van der Waals surface area contributed by atoms with Crippen LogP contribution >= 0.6 is 24.2 Å². The minimum atomic E-state index is 0. The van der Waals surface area contributed by atoms with Crippen LogP contribution in [0.15, 0.2) is 33.7 Å². The molecule has 1 N–H and O–H groups in total. The molecule has 1 heterocycles. The fourth-order valence-electron chi connectivity index (χ4n) is 1.78. The molecule has 0 bridgehead atoms. The summed E-state index contributed by atoms with van der Waals surface area (Å²) in [5, 5.41) is 7.77. The van der Waals surface area contributed by atoms with Crippen molar-refractivity contribution in [3.8, 4) is 11.5 Å². The first-order valence-corrected chi connectivity index (χ1v) is 7.73. The molecule has 0 aliphatic rings. The Balaban J connectivity index is 0.00000220. The van der Waals surface area contributed by atoms with Crippen molar-refractivity contribution in [1.29, 1.82) is 0 Å². The quantitative estimate of drug-likeness (QED) is 0.818. The molecule has 1 atom stereocenters. The van der Waals surface area contributed by atoms with Crippen molar-refractivity contribution >= 4 is 24.2 Å². The zero-order chi connectivity index (χ0) is 14.5. The first kappa shape index (κ1) is 18.0. The average molecular weight is 328 g/mol. The van der Waals surface area contributed by atoms with Crippen molar-refractivity contribution in [2.24, 2.45) is 0 Å². The number of likely N-dealkylation sites (N-methyl/N-ethyl adjacent to an activating group) is 1. The van der Waals surface area contributed by atoms with Crippen LogP contribution in [-0.4, -0.2) is 28.5 Å². The molecule has 2 rings (SSSR count). The van der Waals surface area contributed by atoms with Crippen LogP contribution in [0.25, 0.3) is 11.5 Å². The minimum Gasteiger partial charge on any atom is -0.334 e. The molecule has 0 saturated carbocycles. The number of rotatable bonds is 6. The van der Waals surface area contributed by atoms with Crippen molar-refractivity contribution in [2.75, 3.05) is 7.05 Å². The molecular formula is C15H22ClN3OS. The number of thioether (sulfide) groups is 1. The Morgan fingerprint density at radius 2 is 1.86 bits per heavy atom. The first-order valence-electron chi connectivity index (χ1n) is 6.85. The third-order valence-electron chi connectivity index (χ3n) is 2.92. The van der Waals surface area contributed by atoms with Crippen LogP contribution in [0, 0.1) is 0 Å². The van der Waals surface area contributed by atoms with Crippen LogP contribution in [0.4, 0.5) is 0 Å². The summed E-state index contributed by atoms with van der Waals surface area (Å²) in [6, 6.07) is 8.60. The van der Waals surface area contributed by atoms with E-state index in [0.29, 0.717) is 17.2 Å². The number of hydrogen-bond acceptors (Lipinski definition) is 5. The fraction of sp³-hybridized carbons (Fsp3) is 0.467. The van der Waals surface area contributed by atoms with Crippen molar-refractivity contribution in [3.63, 3.8) is 0 Å². The van der Waals surface area contributed by atoms with E-state index in [9.17, 15) is 0 Å². The van der Waals surface area contributed by atoms with Gasteiger partial charge in [0, 0.05) is 28.2 Å². The monoisotopic (exact) mass is 327 g/mol. The summed E-state index contributed by atoms with van der Waals surface area (Å²) in [6.45, 7) is 6.46. The molecule has 0 aliphatic carbocycles. The smallest absolute Gasteiger partial charge is 0.257 e. The molecule has 4 nitrogen and oxygen atoms in total. The van der Waals surface area contributed by atoms with Crippen molar-refractivity contribution < 1.29 is 4.52 Å². The molecule has 0 radical (unpaired) electrons. The highest BCUT2D eigenvalue weighted by atomic mass is 35.5. The highest BCUT2D eigenvalue weighted by Gasteiger charge is 2.11. The maximum atomic E-state index is 5.32. The third-order valence-corrected chi connectivity index (χ3v) is 3.94. The third kappa shape index (κ3) is 5.34. The van der Waals surface area contributed by atoms with Gasteiger partial charge in [-0.2, -0.15) is 4.98 Å². The molecule has 0 amide bonds. The fourth-order valence-corrected chi connectivity index (χ4v) is 2.62. The Kier molecular flexibility index (Phi) is 7.22. The number of halogens is 1. The van der Waals surface area contributed by atoms with Gasteiger partial charge in [0.2, 0.25) is 0 Å². The molecule has 0 spiro atoms. The van der Waals surface area contributed by atoms with Gasteiger partial charge in [-0.15, -0.1) is 24.2 Å². The molecule has 6 heteroatoms. The molecule has 0 fully saturated rings. The number of nitrogens with zero attached hydrogens (tertiary/aromatic N) is 2. The highest BCUT2D eigenvalue weighted by molar-refractivity contribution is 7.99. The normalized spacial score (nSPS) is 12.2. The molecule has 0 aliphatic heterocycles. The Labute approximate surface area is 136 Å². The number of nitrogens with one attached hydrogen (secondary N) is 1. The zero-order valence-electron chi connectivity index (χ0n) is 12.8. The van der Waals surface area contributed by atoms with Gasteiger partial charge in [0.1, 0.15) is 0 Å². The van der Waals surface area contributed by atoms with E-state index in [4.69, 9.17) is 4.52 Å². The first-order chi connectivity index (χ1) is 9.58. The molecule has 1 aromatic carbocycles. The Bertz CT molecular complexity index is 542. The summed E-state index contributed by atoms with van der Waals surface area (Å²) in [7, 11) is 1.93. The van der Waals surface area contributed by atoms with Crippen LogP contribution in [0.1, 0.15) is 26.6 Å². The standard InChI is InChI=1S/C15H21N3OS.ClH/c1-10(2)20-13-7-5-12(6-8-13)15-17-14(18-19-15)9-11(3)16-4;/h5-8,10-11,16H,9H2,1-4H3;1H. The second-order valence-corrected chi connectivity index (χ2v) is 6.75. The molecule has 21 heavy (non-hydrogen) atoms. The van der Waals surface area contributed by atoms with Crippen molar-refractivity contribution in [2.45, 2.75) is 43.4 Å². The predicted molar refractivity (Wildman–Crippen MR) is 90.2 cm³/mol. The van der Waals surface area contributed by atoms with E-state index >= 15 is 0 Å². The SMILES string of the molecule is CNC(C)Cc1noc(-c2ccc(SC(C)C)cc2)n1.Cl. The number of benzene rings is 1. The van der Waals surface area contributed by atoms with Crippen LogP contribution in [0.5, 0.6) is 0 Å². The van der Waals surface area contributed by atoms with E-state index in [1.807, 2.05) is 30.9 Å². The minimum absolute atomic E-state index is 0. The van der Waals surface area contributed by atoms with E-state index in [0.717, 1.165) is 17.8 Å². The van der Waals surface area contributed by atoms with Gasteiger partial charge in [-0.3, -0.25) is 0 Å². The largest absolute Gasteiger partial charge is 0.334 e. The van der Waals surface area contributed by atoms with E-state index in [1.54, 1.807) is 0 Å². The summed E-state index contributed by atoms with van der Waals surface area (Å²) in [4.78, 5) is 5.69. The Morgan fingerprint density at radius 1 is 1.19 bits per heavy atom. The molecule has 1 aromatic heterocycles. The van der Waals surface area contributed by atoms with Gasteiger partial charge >= 0.3 is 0 Å². The number of hydrogen-bond donors (Lipinski definition) is 1. The molecule has 2 aromatic rings. The van der Waals surface area contributed by atoms with Gasteiger partial charge in [0.15, 0.2) is 5.82 Å². The maximum absolute atomic E-state index is 5.32. The van der Waals surface area contributed by atoms with E-state index in [-0.39, 0.29) is 12.4 Å².